The van der Waals surface area contributed by atoms with Crippen LogP contribution < -0.4 is 9.47 Å². The molecule has 0 atom stereocenters. The van der Waals surface area contributed by atoms with E-state index >= 15 is 0 Å². The third-order valence-electron chi connectivity index (χ3n) is 4.36. The van der Waals surface area contributed by atoms with Crippen molar-refractivity contribution in [1.29, 1.82) is 0 Å². The number of methoxy groups -OCH3 is 1. The number of hydrogen-bond acceptors (Lipinski definition) is 6. The van der Waals surface area contributed by atoms with E-state index in [4.69, 9.17) is 49.6 Å². The molecule has 1 fully saturated rings. The Morgan fingerprint density at radius 2 is 1.94 bits per heavy atom. The molecule has 1 saturated heterocycles. The number of benzene rings is 2. The first-order valence-electron chi connectivity index (χ1n) is 9.50. The first-order valence-corrected chi connectivity index (χ1v) is 11.5. The van der Waals surface area contributed by atoms with Gasteiger partial charge in [-0.1, -0.05) is 59.3 Å². The Morgan fingerprint density at radius 1 is 1.13 bits per heavy atom. The molecule has 0 spiro atoms. The van der Waals surface area contributed by atoms with E-state index in [1.807, 2.05) is 31.2 Å². The molecule has 1 heterocycles. The van der Waals surface area contributed by atoms with Gasteiger partial charge in [-0.15, -0.1) is 0 Å². The quantitative estimate of drug-likeness (QED) is 0.321. The van der Waals surface area contributed by atoms with Crippen LogP contribution in [0.3, 0.4) is 0 Å². The zero-order valence-corrected chi connectivity index (χ0v) is 20.2. The minimum absolute atomic E-state index is 0.122. The lowest BCUT2D eigenvalue weighted by molar-refractivity contribution is -0.122. The van der Waals surface area contributed by atoms with E-state index in [2.05, 4.69) is 0 Å². The molecule has 9 heteroatoms. The minimum atomic E-state index is -0.122. The highest BCUT2D eigenvalue weighted by atomic mass is 35.5. The molecule has 0 radical (unpaired) electrons. The van der Waals surface area contributed by atoms with E-state index in [0.717, 1.165) is 11.1 Å². The largest absolute Gasteiger partial charge is 0.490 e. The van der Waals surface area contributed by atoms with Crippen molar-refractivity contribution < 1.29 is 19.0 Å². The van der Waals surface area contributed by atoms with E-state index in [1.54, 1.807) is 30.2 Å². The zero-order valence-electron chi connectivity index (χ0n) is 17.0. The first-order chi connectivity index (χ1) is 14.9. The van der Waals surface area contributed by atoms with Crippen molar-refractivity contribution in [3.8, 4) is 11.5 Å². The van der Waals surface area contributed by atoms with Gasteiger partial charge in [-0.2, -0.15) is 0 Å². The summed E-state index contributed by atoms with van der Waals surface area (Å²) in [6, 6.07) is 10.8. The molecule has 1 amide bonds. The van der Waals surface area contributed by atoms with Gasteiger partial charge in [0.2, 0.25) is 0 Å². The number of amides is 1. The maximum absolute atomic E-state index is 12.6. The second-order valence-corrected chi connectivity index (χ2v) is 9.01. The summed E-state index contributed by atoms with van der Waals surface area (Å²) >= 11 is 18.8. The summed E-state index contributed by atoms with van der Waals surface area (Å²) in [5.74, 6) is 1.04. The summed E-state index contributed by atoms with van der Waals surface area (Å²) < 4.78 is 17.3. The average Bonchev–Trinajstić information content (AvgIpc) is 2.99. The number of rotatable bonds is 9. The maximum Gasteiger partial charge on any atom is 0.266 e. The van der Waals surface area contributed by atoms with Crippen LogP contribution in [0.5, 0.6) is 11.5 Å². The van der Waals surface area contributed by atoms with Crippen molar-refractivity contribution in [1.82, 2.24) is 4.90 Å². The summed E-state index contributed by atoms with van der Waals surface area (Å²) in [6.45, 7) is 3.50. The summed E-state index contributed by atoms with van der Waals surface area (Å²) in [4.78, 5) is 14.7. The Bertz CT molecular complexity index is 1010. The van der Waals surface area contributed by atoms with Crippen LogP contribution in [0.4, 0.5) is 0 Å². The fraction of sp³-hybridized carbons (Fsp3) is 0.273. The topological polar surface area (TPSA) is 48.0 Å². The minimum Gasteiger partial charge on any atom is -0.490 e. The molecule has 3 rings (SSSR count). The molecule has 0 saturated carbocycles. The maximum atomic E-state index is 12.6. The molecule has 0 aliphatic carbocycles. The highest BCUT2D eigenvalue weighted by molar-refractivity contribution is 8.26. The molecule has 1 aliphatic heterocycles. The van der Waals surface area contributed by atoms with Crippen LogP contribution >= 0.6 is 47.2 Å². The first kappa shape index (κ1) is 23.9. The Hall–Kier alpha value is -1.77. The molecule has 31 heavy (non-hydrogen) atoms. The van der Waals surface area contributed by atoms with Gasteiger partial charge in [0.05, 0.1) is 24.7 Å². The number of hydrogen-bond donors (Lipinski definition) is 0. The van der Waals surface area contributed by atoms with Gasteiger partial charge in [-0.3, -0.25) is 9.69 Å². The van der Waals surface area contributed by atoms with Gasteiger partial charge in [-0.05, 0) is 42.8 Å². The summed E-state index contributed by atoms with van der Waals surface area (Å²) in [5, 5.41) is 1.11. The zero-order chi connectivity index (χ0) is 22.4. The molecular formula is C22H21Cl2NO4S2. The van der Waals surface area contributed by atoms with Crippen LogP contribution in [0.2, 0.25) is 10.0 Å². The van der Waals surface area contributed by atoms with Gasteiger partial charge in [0.1, 0.15) is 10.9 Å². The van der Waals surface area contributed by atoms with Crippen LogP contribution in [0.1, 0.15) is 18.1 Å². The lowest BCUT2D eigenvalue weighted by atomic mass is 10.1. The summed E-state index contributed by atoms with van der Waals surface area (Å²) in [6.07, 6.45) is 1.80. The third-order valence-corrected chi connectivity index (χ3v) is 6.32. The molecule has 5 nitrogen and oxygen atoms in total. The molecule has 0 aromatic heterocycles. The van der Waals surface area contributed by atoms with Crippen LogP contribution in [0.15, 0.2) is 41.3 Å². The number of thiocarbonyl (C=S) groups is 1. The van der Waals surface area contributed by atoms with E-state index in [1.165, 1.54) is 11.8 Å². The number of thioether (sulfide) groups is 1. The molecular weight excluding hydrogens is 477 g/mol. The average molecular weight is 498 g/mol. The highest BCUT2D eigenvalue weighted by Gasteiger charge is 2.31. The van der Waals surface area contributed by atoms with Crippen LogP contribution in [0.25, 0.3) is 6.08 Å². The lowest BCUT2D eigenvalue weighted by Crippen LogP contribution is -2.31. The van der Waals surface area contributed by atoms with Gasteiger partial charge >= 0.3 is 0 Å². The fourth-order valence-corrected chi connectivity index (χ4v) is 4.59. The number of halogens is 2. The molecule has 0 bridgehead atoms. The Morgan fingerprint density at radius 3 is 2.65 bits per heavy atom. The Kier molecular flexibility index (Phi) is 8.63. The summed E-state index contributed by atoms with van der Waals surface area (Å²) in [7, 11) is 1.59. The number of nitrogens with zero attached hydrogens (tertiary/aromatic N) is 1. The standard InChI is InChI=1S/C22H21Cl2NO4S2/c1-3-28-19-10-14(11-20-21(26)25(8-9-27-2)22(30)31-20)4-7-18(19)29-13-15-5-6-16(23)12-17(15)24/h4-7,10-12H,3,8-9,13H2,1-2H3. The van der Waals surface area contributed by atoms with E-state index in [0.29, 0.717) is 50.5 Å². The molecule has 0 unspecified atom stereocenters. The van der Waals surface area contributed by atoms with E-state index in [9.17, 15) is 4.79 Å². The smallest absolute Gasteiger partial charge is 0.266 e. The molecule has 164 valence electrons. The van der Waals surface area contributed by atoms with Crippen molar-refractivity contribution in [3.05, 3.63) is 62.5 Å². The van der Waals surface area contributed by atoms with Crippen molar-refractivity contribution >= 4 is 63.5 Å². The van der Waals surface area contributed by atoms with Gasteiger partial charge in [0.15, 0.2) is 11.5 Å². The number of carbonyl (C=O) groups is 1. The van der Waals surface area contributed by atoms with Gasteiger partial charge in [-0.25, -0.2) is 0 Å². The van der Waals surface area contributed by atoms with Crippen LogP contribution in [0, 0.1) is 0 Å². The summed E-state index contributed by atoms with van der Waals surface area (Å²) in [5.41, 5.74) is 1.63. The Balaban J connectivity index is 1.77. The second kappa shape index (κ2) is 11.2. The highest BCUT2D eigenvalue weighted by Crippen LogP contribution is 2.35. The lowest BCUT2D eigenvalue weighted by Gasteiger charge is -2.14. The third kappa shape index (κ3) is 6.14. The monoisotopic (exact) mass is 497 g/mol. The van der Waals surface area contributed by atoms with Crippen molar-refractivity contribution in [2.24, 2.45) is 0 Å². The van der Waals surface area contributed by atoms with E-state index < -0.39 is 0 Å². The van der Waals surface area contributed by atoms with Crippen LogP contribution in [-0.4, -0.2) is 42.0 Å². The SMILES string of the molecule is CCOc1cc(C=C2SC(=S)N(CCOC)C2=O)ccc1OCc1ccc(Cl)cc1Cl. The molecule has 2 aromatic rings. The van der Waals surface area contributed by atoms with Crippen LogP contribution in [-0.2, 0) is 16.1 Å². The van der Waals surface area contributed by atoms with Gasteiger partial charge < -0.3 is 14.2 Å². The molecule has 1 aliphatic rings. The number of carbonyl (C=O) groups excluding carboxylic acids is 1. The van der Waals surface area contributed by atoms with Crippen molar-refractivity contribution in [3.63, 3.8) is 0 Å². The molecule has 0 N–H and O–H groups in total. The second-order valence-electron chi connectivity index (χ2n) is 6.49. The van der Waals surface area contributed by atoms with Crippen molar-refractivity contribution in [2.75, 3.05) is 26.9 Å². The Labute approximate surface area is 201 Å². The number of ether oxygens (including phenoxy) is 3. The predicted octanol–water partition coefficient (Wildman–Crippen LogP) is 5.82. The van der Waals surface area contributed by atoms with Gasteiger partial charge in [0.25, 0.3) is 5.91 Å². The molecule has 2 aromatic carbocycles. The van der Waals surface area contributed by atoms with Crippen molar-refractivity contribution in [2.45, 2.75) is 13.5 Å². The predicted molar refractivity (Wildman–Crippen MR) is 130 cm³/mol. The fourth-order valence-electron chi connectivity index (χ4n) is 2.82. The normalized spacial score (nSPS) is 15.1. The van der Waals surface area contributed by atoms with E-state index in [-0.39, 0.29) is 12.5 Å². The van der Waals surface area contributed by atoms with Gasteiger partial charge in [0, 0.05) is 22.7 Å².